The van der Waals surface area contributed by atoms with Crippen molar-refractivity contribution < 1.29 is 0 Å². The Morgan fingerprint density at radius 3 is 1.05 bits per heavy atom. The molecule has 12 aromatic carbocycles. The van der Waals surface area contributed by atoms with E-state index in [1.165, 1.54) is 115 Å². The van der Waals surface area contributed by atoms with Crippen molar-refractivity contribution in [3.8, 4) is 55.6 Å². The van der Waals surface area contributed by atoms with Crippen molar-refractivity contribution >= 4 is 76.8 Å². The van der Waals surface area contributed by atoms with Crippen molar-refractivity contribution in [3.63, 3.8) is 0 Å². The smallest absolute Gasteiger partial charge is 0.00259 e. The molecule has 0 spiro atoms. The third-order valence-electron chi connectivity index (χ3n) is 13.4. The van der Waals surface area contributed by atoms with E-state index in [4.69, 9.17) is 0 Å². The highest BCUT2D eigenvalue weighted by molar-refractivity contribution is 6.23. The molecule has 0 saturated heterocycles. The van der Waals surface area contributed by atoms with Crippen LogP contribution in [-0.4, -0.2) is 0 Å². The second-order valence-electron chi connectivity index (χ2n) is 16.9. The Hall–Kier alpha value is -8.32. The summed E-state index contributed by atoms with van der Waals surface area (Å²) in [7, 11) is 0. The molecule has 0 aliphatic rings. The number of benzene rings is 12. The van der Waals surface area contributed by atoms with E-state index in [2.05, 4.69) is 232 Å². The fraction of sp³-hybridized carbons (Fsp3) is 0. The molecule has 0 radical (unpaired) electrons. The van der Waals surface area contributed by atoms with E-state index >= 15 is 0 Å². The zero-order valence-electron chi connectivity index (χ0n) is 35.4. The SMILES string of the molecule is C=Cc1ccc(-c2c3ccccc3c(-c3ccc4ccccc4c3)c3cc(-c4ccc(-c5c6ccccc6c(-c6ccc7ccccc7c6)c6ccccc56)cc4)ccc23)cc1C=C. The van der Waals surface area contributed by atoms with Gasteiger partial charge in [-0.25, -0.2) is 0 Å². The van der Waals surface area contributed by atoms with Crippen LogP contribution in [0.25, 0.3) is 132 Å². The van der Waals surface area contributed by atoms with Crippen LogP contribution in [0, 0.1) is 0 Å². The van der Waals surface area contributed by atoms with E-state index < -0.39 is 0 Å². The fourth-order valence-electron chi connectivity index (χ4n) is 10.3. The van der Waals surface area contributed by atoms with Crippen molar-refractivity contribution in [2.45, 2.75) is 0 Å². The van der Waals surface area contributed by atoms with Gasteiger partial charge in [0.25, 0.3) is 0 Å². The molecule has 0 saturated carbocycles. The Morgan fingerprint density at radius 1 is 0.219 bits per heavy atom. The normalized spacial score (nSPS) is 11.6. The summed E-state index contributed by atoms with van der Waals surface area (Å²) < 4.78 is 0. The number of rotatable bonds is 7. The Morgan fingerprint density at radius 2 is 0.562 bits per heavy atom. The Bertz CT molecular complexity index is 3810. The lowest BCUT2D eigenvalue weighted by Gasteiger charge is -2.20. The molecule has 0 atom stereocenters. The molecule has 0 aliphatic carbocycles. The van der Waals surface area contributed by atoms with Gasteiger partial charge < -0.3 is 0 Å². The van der Waals surface area contributed by atoms with Crippen LogP contribution in [0.5, 0.6) is 0 Å². The summed E-state index contributed by atoms with van der Waals surface area (Å²) in [6, 6.07) is 80.7. The fourth-order valence-corrected chi connectivity index (χ4v) is 10.3. The van der Waals surface area contributed by atoms with Crippen LogP contribution in [0.15, 0.2) is 232 Å². The van der Waals surface area contributed by atoms with Gasteiger partial charge in [-0.05, 0) is 156 Å². The lowest BCUT2D eigenvalue weighted by Crippen LogP contribution is -1.93. The van der Waals surface area contributed by atoms with Gasteiger partial charge in [-0.2, -0.15) is 0 Å². The second-order valence-corrected chi connectivity index (χ2v) is 16.9. The molecule has 12 rings (SSSR count). The zero-order chi connectivity index (χ0) is 42.7. The summed E-state index contributed by atoms with van der Waals surface area (Å²) in [5.41, 5.74) is 14.3. The molecule has 0 nitrogen and oxygen atoms in total. The molecule has 0 aromatic heterocycles. The molecule has 0 N–H and O–H groups in total. The summed E-state index contributed by atoms with van der Waals surface area (Å²) in [4.78, 5) is 0. The Balaban J connectivity index is 1.05. The van der Waals surface area contributed by atoms with Crippen LogP contribution in [0.1, 0.15) is 11.1 Å². The van der Waals surface area contributed by atoms with Gasteiger partial charge >= 0.3 is 0 Å². The lowest BCUT2D eigenvalue weighted by atomic mass is 9.83. The van der Waals surface area contributed by atoms with Crippen molar-refractivity contribution in [2.24, 2.45) is 0 Å². The minimum absolute atomic E-state index is 1.07. The van der Waals surface area contributed by atoms with E-state index in [0.29, 0.717) is 0 Å². The minimum atomic E-state index is 1.07. The first-order valence-corrected chi connectivity index (χ1v) is 22.1. The first-order valence-electron chi connectivity index (χ1n) is 22.1. The molecule has 0 heteroatoms. The van der Waals surface area contributed by atoms with Crippen LogP contribution in [0.2, 0.25) is 0 Å². The van der Waals surface area contributed by atoms with Gasteiger partial charge in [0.1, 0.15) is 0 Å². The molecule has 298 valence electrons. The quantitative estimate of drug-likeness (QED) is 0.141. The van der Waals surface area contributed by atoms with Crippen LogP contribution in [0.4, 0.5) is 0 Å². The first kappa shape index (κ1) is 37.4. The summed E-state index contributed by atoms with van der Waals surface area (Å²) in [6.45, 7) is 8.23. The average molecular weight is 811 g/mol. The maximum atomic E-state index is 4.16. The van der Waals surface area contributed by atoms with Crippen molar-refractivity contribution in [3.05, 3.63) is 243 Å². The molecule has 0 amide bonds. The predicted octanol–water partition coefficient (Wildman–Crippen LogP) is 18.2. The van der Waals surface area contributed by atoms with Gasteiger partial charge in [0.15, 0.2) is 0 Å². The van der Waals surface area contributed by atoms with Gasteiger partial charge in [-0.1, -0.05) is 219 Å². The highest BCUT2D eigenvalue weighted by atomic mass is 14.2. The van der Waals surface area contributed by atoms with E-state index in [1.54, 1.807) is 0 Å². The van der Waals surface area contributed by atoms with Crippen molar-refractivity contribution in [1.29, 1.82) is 0 Å². The van der Waals surface area contributed by atoms with E-state index in [9.17, 15) is 0 Å². The van der Waals surface area contributed by atoms with Gasteiger partial charge in [-0.3, -0.25) is 0 Å². The minimum Gasteiger partial charge on any atom is -0.0984 e. The average Bonchev–Trinajstić information content (AvgIpc) is 3.36. The van der Waals surface area contributed by atoms with E-state index in [0.717, 1.165) is 16.7 Å². The maximum absolute atomic E-state index is 4.16. The standard InChI is InChI=1S/C64H42/c1-3-41-25-32-50(37-42(41)4-2)63-57-23-13-14-24-58(57)64(52-34-29-44-16-6-8-18-48(44)39-52)60-40-49(35-36-59(60)63)45-26-30-46(31-27-45)61-53-19-9-11-21-55(53)62(56-22-12-10-20-54(56)61)51-33-28-43-15-5-7-17-47(43)38-51/h3-40H,1-2H2. The van der Waals surface area contributed by atoms with E-state index in [1.807, 2.05) is 12.2 Å². The lowest BCUT2D eigenvalue weighted by molar-refractivity contribution is 1.60. The van der Waals surface area contributed by atoms with Crippen molar-refractivity contribution in [1.82, 2.24) is 0 Å². The summed E-state index contributed by atoms with van der Waals surface area (Å²) >= 11 is 0. The van der Waals surface area contributed by atoms with E-state index in [-0.39, 0.29) is 0 Å². The van der Waals surface area contributed by atoms with Crippen LogP contribution >= 0.6 is 0 Å². The van der Waals surface area contributed by atoms with Crippen LogP contribution in [0.3, 0.4) is 0 Å². The summed E-state index contributed by atoms with van der Waals surface area (Å²) in [5, 5.41) is 14.9. The molecule has 0 heterocycles. The first-order chi connectivity index (χ1) is 31.6. The Kier molecular flexibility index (Phi) is 8.92. The molecular formula is C64H42. The van der Waals surface area contributed by atoms with Gasteiger partial charge in [0, 0.05) is 0 Å². The second kappa shape index (κ2) is 15.2. The zero-order valence-corrected chi connectivity index (χ0v) is 35.4. The Labute approximate surface area is 373 Å². The highest BCUT2D eigenvalue weighted by Crippen LogP contribution is 2.47. The topological polar surface area (TPSA) is 0 Å². The van der Waals surface area contributed by atoms with Crippen molar-refractivity contribution in [2.75, 3.05) is 0 Å². The third kappa shape index (κ3) is 6.07. The van der Waals surface area contributed by atoms with Crippen LogP contribution < -0.4 is 0 Å². The molecule has 0 bridgehead atoms. The number of fused-ring (bicyclic) bond motifs is 6. The summed E-state index contributed by atoms with van der Waals surface area (Å²) in [6.07, 6.45) is 3.84. The van der Waals surface area contributed by atoms with Gasteiger partial charge in [0.2, 0.25) is 0 Å². The molecule has 0 aliphatic heterocycles. The van der Waals surface area contributed by atoms with Gasteiger partial charge in [-0.15, -0.1) is 0 Å². The monoisotopic (exact) mass is 810 g/mol. The molecule has 0 unspecified atom stereocenters. The molecular weight excluding hydrogens is 769 g/mol. The highest BCUT2D eigenvalue weighted by Gasteiger charge is 2.20. The molecule has 0 fully saturated rings. The molecule has 64 heavy (non-hydrogen) atoms. The number of hydrogen-bond donors (Lipinski definition) is 0. The predicted molar refractivity (Wildman–Crippen MR) is 279 cm³/mol. The maximum Gasteiger partial charge on any atom is -0.00259 e. The molecule has 12 aromatic rings. The third-order valence-corrected chi connectivity index (χ3v) is 13.4. The summed E-state index contributed by atoms with van der Waals surface area (Å²) in [5.74, 6) is 0. The van der Waals surface area contributed by atoms with Crippen LogP contribution in [-0.2, 0) is 0 Å². The number of hydrogen-bond acceptors (Lipinski definition) is 0. The largest absolute Gasteiger partial charge is 0.0984 e. The van der Waals surface area contributed by atoms with Gasteiger partial charge in [0.05, 0.1) is 0 Å².